The fourth-order valence-electron chi connectivity index (χ4n) is 4.73. The highest BCUT2D eigenvalue weighted by Gasteiger charge is 2.34. The molecule has 188 valence electrons. The Morgan fingerprint density at radius 3 is 2.36 bits per heavy atom. The quantitative estimate of drug-likeness (QED) is 0.522. The first-order valence-corrected chi connectivity index (χ1v) is 11.9. The van der Waals surface area contributed by atoms with Gasteiger partial charge in [-0.3, -0.25) is 9.28 Å². The van der Waals surface area contributed by atoms with Crippen molar-refractivity contribution in [1.29, 1.82) is 0 Å². The normalized spacial score (nSPS) is 17.8. The second kappa shape index (κ2) is 9.32. The lowest BCUT2D eigenvalue weighted by Crippen LogP contribution is -2.54. The van der Waals surface area contributed by atoms with Crippen molar-refractivity contribution in [2.24, 2.45) is 0 Å². The molecule has 5 rings (SSSR count). The minimum Gasteiger partial charge on any atom is -0.508 e. The molecule has 2 aliphatic rings. The molecule has 1 aromatic carbocycles. The number of hydrogen-bond donors (Lipinski definition) is 2. The molecule has 0 atom stereocenters. The van der Waals surface area contributed by atoms with Gasteiger partial charge in [-0.15, -0.1) is 0 Å². The molecule has 36 heavy (non-hydrogen) atoms. The fraction of sp³-hybridized carbons (Fsp3) is 0.400. The summed E-state index contributed by atoms with van der Waals surface area (Å²) in [5.41, 5.74) is 2.51. The zero-order valence-corrected chi connectivity index (χ0v) is 20.3. The Balaban J connectivity index is 1.75. The van der Waals surface area contributed by atoms with Crippen LogP contribution in [0.15, 0.2) is 30.3 Å². The summed E-state index contributed by atoms with van der Waals surface area (Å²) in [6.07, 6.45) is 0. The molecule has 2 aliphatic heterocycles. The summed E-state index contributed by atoms with van der Waals surface area (Å²) >= 11 is 0. The van der Waals surface area contributed by atoms with Crippen molar-refractivity contribution >= 4 is 34.5 Å². The monoisotopic (exact) mass is 493 g/mol. The number of fused-ring (bicyclic) bond motifs is 1. The van der Waals surface area contributed by atoms with Crippen LogP contribution >= 0.6 is 0 Å². The van der Waals surface area contributed by atoms with E-state index in [1.165, 1.54) is 0 Å². The van der Waals surface area contributed by atoms with Crippen LogP contribution in [-0.2, 0) is 9.53 Å². The largest absolute Gasteiger partial charge is 0.508 e. The van der Waals surface area contributed by atoms with E-state index in [0.717, 1.165) is 0 Å². The number of aromatic hydroxyl groups is 1. The van der Waals surface area contributed by atoms with Gasteiger partial charge in [0.2, 0.25) is 5.91 Å². The van der Waals surface area contributed by atoms with Crippen molar-refractivity contribution < 1.29 is 24.5 Å². The minimum atomic E-state index is -1.15. The SMILES string of the molecule is CC(=O)N1CCN(c2cc(C(=O)O)nc3c(-c4cccc(O)c4)nc([N+]4(C)CCOCC4)nc23)CC1. The number of phenols is 1. The third-order valence-electron chi connectivity index (χ3n) is 6.97. The number of morpholine rings is 1. The van der Waals surface area contributed by atoms with E-state index in [-0.39, 0.29) is 17.4 Å². The average molecular weight is 494 g/mol. The standard InChI is InChI=1S/C25H28N6O5/c1-16(32)29-6-8-30(9-7-29)20-15-19(24(34)35)26-23-21(17-4-3-5-18(33)14-17)27-25(28-22(20)23)31(2)10-12-36-13-11-31/h3-5,14-15H,6-13H2,1-2H3,(H-,33,34,35)/p+1. The van der Waals surface area contributed by atoms with E-state index in [1.807, 2.05) is 6.07 Å². The third kappa shape index (κ3) is 4.42. The maximum absolute atomic E-state index is 12.1. The number of carbonyl (C=O) groups is 2. The Morgan fingerprint density at radius 2 is 1.72 bits per heavy atom. The summed E-state index contributed by atoms with van der Waals surface area (Å²) in [6.45, 7) is 6.24. The number of pyridine rings is 1. The van der Waals surface area contributed by atoms with E-state index < -0.39 is 5.97 Å². The molecule has 3 aromatic rings. The van der Waals surface area contributed by atoms with Gasteiger partial charge >= 0.3 is 11.9 Å². The highest BCUT2D eigenvalue weighted by molar-refractivity contribution is 6.01. The summed E-state index contributed by atoms with van der Waals surface area (Å²) in [6, 6.07) is 8.23. The van der Waals surface area contributed by atoms with Crippen molar-refractivity contribution in [3.05, 3.63) is 36.0 Å². The summed E-state index contributed by atoms with van der Waals surface area (Å²) in [5.74, 6) is -0.486. The van der Waals surface area contributed by atoms with Crippen molar-refractivity contribution in [3.8, 4) is 17.0 Å². The molecule has 1 amide bonds. The first-order valence-electron chi connectivity index (χ1n) is 11.9. The van der Waals surface area contributed by atoms with E-state index in [4.69, 9.17) is 14.7 Å². The molecular formula is C25H29N6O5+. The van der Waals surface area contributed by atoms with E-state index in [0.29, 0.717) is 90.9 Å². The number of piperazine rings is 1. The molecule has 4 heterocycles. The summed E-state index contributed by atoms with van der Waals surface area (Å²) in [4.78, 5) is 42.1. The van der Waals surface area contributed by atoms with Crippen LogP contribution in [0.4, 0.5) is 11.6 Å². The van der Waals surface area contributed by atoms with E-state index in [1.54, 1.807) is 36.1 Å². The van der Waals surface area contributed by atoms with Gasteiger partial charge in [-0.05, 0) is 18.2 Å². The number of benzene rings is 1. The molecule has 0 radical (unpaired) electrons. The maximum atomic E-state index is 12.1. The van der Waals surface area contributed by atoms with Gasteiger partial charge in [-0.25, -0.2) is 9.78 Å². The zero-order chi connectivity index (χ0) is 25.4. The molecule has 0 bridgehead atoms. The number of carboxylic acid groups (broad SMARTS) is 1. The average Bonchev–Trinajstić information content (AvgIpc) is 2.87. The van der Waals surface area contributed by atoms with Crippen LogP contribution < -0.4 is 9.38 Å². The molecule has 0 aliphatic carbocycles. The Morgan fingerprint density at radius 1 is 1.00 bits per heavy atom. The molecular weight excluding hydrogens is 464 g/mol. The molecule has 11 heteroatoms. The van der Waals surface area contributed by atoms with Gasteiger partial charge in [-0.2, -0.15) is 9.97 Å². The van der Waals surface area contributed by atoms with Crippen LogP contribution in [0.2, 0.25) is 0 Å². The Kier molecular flexibility index (Phi) is 6.19. The third-order valence-corrected chi connectivity index (χ3v) is 6.97. The van der Waals surface area contributed by atoms with Gasteiger partial charge in [0.15, 0.2) is 5.69 Å². The zero-order valence-electron chi connectivity index (χ0n) is 20.3. The molecule has 11 nitrogen and oxygen atoms in total. The first kappa shape index (κ1) is 23.9. The molecule has 2 N–H and O–H groups in total. The number of carboxylic acids is 1. The van der Waals surface area contributed by atoms with E-state index >= 15 is 0 Å². The minimum absolute atomic E-state index is 0.0148. The predicted octanol–water partition coefficient (Wildman–Crippen LogP) is 1.73. The van der Waals surface area contributed by atoms with Gasteiger partial charge < -0.3 is 24.7 Å². The van der Waals surface area contributed by atoms with E-state index in [2.05, 4.69) is 16.9 Å². The number of rotatable bonds is 4. The number of ether oxygens (including phenoxy) is 1. The number of likely N-dealkylation sites (N-methyl/N-ethyl adjacent to an activating group) is 1. The van der Waals surface area contributed by atoms with Gasteiger partial charge in [0.05, 0.1) is 25.9 Å². The molecule has 2 saturated heterocycles. The summed E-state index contributed by atoms with van der Waals surface area (Å²) in [7, 11) is 2.06. The van der Waals surface area contributed by atoms with E-state index in [9.17, 15) is 19.8 Å². The number of quaternary nitrogens is 1. The second-order valence-corrected chi connectivity index (χ2v) is 9.40. The Hall–Kier alpha value is -3.83. The summed E-state index contributed by atoms with van der Waals surface area (Å²) in [5, 5.41) is 20.0. The molecule has 2 fully saturated rings. The number of aromatic nitrogens is 3. The van der Waals surface area contributed by atoms with Crippen molar-refractivity contribution in [1.82, 2.24) is 24.3 Å². The van der Waals surface area contributed by atoms with Gasteiger partial charge in [0.1, 0.15) is 35.6 Å². The van der Waals surface area contributed by atoms with Gasteiger partial charge in [-0.1, -0.05) is 12.1 Å². The first-order chi connectivity index (χ1) is 17.2. The van der Waals surface area contributed by atoms with Crippen LogP contribution in [0.3, 0.4) is 0 Å². The smallest absolute Gasteiger partial charge is 0.354 e. The second-order valence-electron chi connectivity index (χ2n) is 9.40. The number of carbonyl (C=O) groups excluding carboxylic acids is 1. The number of amides is 1. The lowest BCUT2D eigenvalue weighted by molar-refractivity contribution is -0.129. The van der Waals surface area contributed by atoms with Crippen molar-refractivity contribution in [2.45, 2.75) is 6.92 Å². The molecule has 0 spiro atoms. The lowest BCUT2D eigenvalue weighted by atomic mass is 10.1. The Labute approximate surface area is 208 Å². The van der Waals surface area contributed by atoms with Crippen LogP contribution in [0.1, 0.15) is 17.4 Å². The van der Waals surface area contributed by atoms with Crippen LogP contribution in [-0.4, -0.2) is 101 Å². The predicted molar refractivity (Wildman–Crippen MR) is 134 cm³/mol. The number of hydrogen-bond acceptors (Lipinski definition) is 8. The maximum Gasteiger partial charge on any atom is 0.354 e. The summed E-state index contributed by atoms with van der Waals surface area (Å²) < 4.78 is 6.03. The number of anilines is 1. The topological polar surface area (TPSA) is 129 Å². The number of aromatic carboxylic acids is 1. The van der Waals surface area contributed by atoms with Crippen molar-refractivity contribution in [3.63, 3.8) is 0 Å². The highest BCUT2D eigenvalue weighted by atomic mass is 16.5. The van der Waals surface area contributed by atoms with Crippen LogP contribution in [0.25, 0.3) is 22.3 Å². The van der Waals surface area contributed by atoms with Gasteiger partial charge in [0, 0.05) is 38.7 Å². The lowest BCUT2D eigenvalue weighted by Gasteiger charge is -2.37. The molecule has 2 aromatic heterocycles. The Bertz CT molecular complexity index is 1330. The van der Waals surface area contributed by atoms with Gasteiger partial charge in [0.25, 0.3) is 0 Å². The van der Waals surface area contributed by atoms with Crippen LogP contribution in [0.5, 0.6) is 5.75 Å². The van der Waals surface area contributed by atoms with Crippen LogP contribution in [0, 0.1) is 0 Å². The molecule has 0 saturated carbocycles. The number of phenolic OH excluding ortho intramolecular Hbond substituents is 1. The molecule has 0 unspecified atom stereocenters. The highest BCUT2D eigenvalue weighted by Crippen LogP contribution is 2.36. The van der Waals surface area contributed by atoms with Crippen molar-refractivity contribution in [2.75, 3.05) is 64.4 Å². The number of nitrogens with zero attached hydrogens (tertiary/aromatic N) is 6. The fourth-order valence-corrected chi connectivity index (χ4v) is 4.73.